The van der Waals surface area contributed by atoms with Crippen LogP contribution in [0.2, 0.25) is 0 Å². The molecule has 1 amide bonds. The van der Waals surface area contributed by atoms with Crippen LogP contribution < -0.4 is 34.7 Å². The van der Waals surface area contributed by atoms with E-state index in [0.29, 0.717) is 11.4 Å². The summed E-state index contributed by atoms with van der Waals surface area (Å²) in [5, 5.41) is 19.8. The van der Waals surface area contributed by atoms with Crippen LogP contribution in [-0.2, 0) is 9.59 Å². The van der Waals surface area contributed by atoms with E-state index in [1.807, 2.05) is 0 Å². The van der Waals surface area contributed by atoms with E-state index in [1.165, 1.54) is 22.1 Å². The molecule has 2 aliphatic rings. The SMILES string of the molecule is Cc1nnc(C=C2C(=O)N3C(C(=O)[O-])=CS[C@@H]23)nc1C.[Na+]. The van der Waals surface area contributed by atoms with Gasteiger partial charge in [-0.05, 0) is 25.3 Å². The van der Waals surface area contributed by atoms with Gasteiger partial charge in [0.2, 0.25) is 0 Å². The van der Waals surface area contributed by atoms with Crippen molar-refractivity contribution in [3.05, 3.63) is 33.9 Å². The van der Waals surface area contributed by atoms with Crippen molar-refractivity contribution in [2.45, 2.75) is 19.2 Å². The maximum Gasteiger partial charge on any atom is 1.00 e. The molecule has 0 radical (unpaired) electrons. The van der Waals surface area contributed by atoms with E-state index in [1.54, 1.807) is 19.9 Å². The van der Waals surface area contributed by atoms with Crippen molar-refractivity contribution in [3.8, 4) is 0 Å². The molecule has 1 fully saturated rings. The number of hydrogen-bond donors (Lipinski definition) is 0. The predicted molar refractivity (Wildman–Crippen MR) is 68.6 cm³/mol. The van der Waals surface area contributed by atoms with Gasteiger partial charge < -0.3 is 9.90 Å². The van der Waals surface area contributed by atoms with Crippen molar-refractivity contribution in [2.24, 2.45) is 0 Å². The molecule has 21 heavy (non-hydrogen) atoms. The van der Waals surface area contributed by atoms with Gasteiger partial charge >= 0.3 is 29.6 Å². The molecular weight excluding hydrogens is 303 g/mol. The van der Waals surface area contributed by atoms with Crippen LogP contribution >= 0.6 is 11.8 Å². The van der Waals surface area contributed by atoms with Gasteiger partial charge in [0.25, 0.3) is 5.91 Å². The van der Waals surface area contributed by atoms with E-state index in [-0.39, 0.29) is 46.5 Å². The number of thioether (sulfide) groups is 1. The molecule has 0 aromatic carbocycles. The first-order chi connectivity index (χ1) is 9.49. The molecule has 0 bridgehead atoms. The zero-order chi connectivity index (χ0) is 14.4. The van der Waals surface area contributed by atoms with Crippen molar-refractivity contribution in [1.82, 2.24) is 20.1 Å². The summed E-state index contributed by atoms with van der Waals surface area (Å²) < 4.78 is 0. The second-order valence-corrected chi connectivity index (χ2v) is 5.35. The van der Waals surface area contributed by atoms with Crippen molar-refractivity contribution < 1.29 is 44.3 Å². The van der Waals surface area contributed by atoms with Gasteiger partial charge in [-0.1, -0.05) is 0 Å². The minimum atomic E-state index is -1.35. The maximum absolute atomic E-state index is 12.0. The van der Waals surface area contributed by atoms with Crippen LogP contribution in [0.5, 0.6) is 0 Å². The molecule has 0 spiro atoms. The first-order valence-corrected chi connectivity index (χ1v) is 6.73. The molecule has 7 nitrogen and oxygen atoms in total. The summed E-state index contributed by atoms with van der Waals surface area (Å²) in [6.07, 6.45) is 1.54. The number of aliphatic carboxylic acids is 1. The molecule has 0 N–H and O–H groups in total. The molecule has 2 aliphatic heterocycles. The van der Waals surface area contributed by atoms with Gasteiger partial charge in [0.05, 0.1) is 28.6 Å². The molecule has 0 aliphatic carbocycles. The molecule has 0 saturated carbocycles. The van der Waals surface area contributed by atoms with Crippen molar-refractivity contribution in [2.75, 3.05) is 0 Å². The number of β-lactam (4-membered cyclic amide) rings is 1. The minimum Gasteiger partial charge on any atom is -0.543 e. The number of carbonyl (C=O) groups excluding carboxylic acids is 2. The number of amides is 1. The largest absolute Gasteiger partial charge is 1.00 e. The Hall–Kier alpha value is -1.22. The van der Waals surface area contributed by atoms with Crippen molar-refractivity contribution in [3.63, 3.8) is 0 Å². The molecule has 1 saturated heterocycles. The average Bonchev–Trinajstić information content (AvgIpc) is 2.80. The van der Waals surface area contributed by atoms with E-state index in [4.69, 9.17) is 0 Å². The molecule has 3 rings (SSSR count). The Kier molecular flexibility index (Phi) is 4.52. The molecule has 1 atom stereocenters. The van der Waals surface area contributed by atoms with Crippen LogP contribution in [0, 0.1) is 13.8 Å². The first-order valence-electron chi connectivity index (χ1n) is 5.79. The number of carboxylic acid groups (broad SMARTS) is 1. The fourth-order valence-electron chi connectivity index (χ4n) is 1.93. The third kappa shape index (κ3) is 2.64. The second-order valence-electron chi connectivity index (χ2n) is 4.39. The smallest absolute Gasteiger partial charge is 0.543 e. The molecule has 1 aromatic heterocycles. The third-order valence-corrected chi connectivity index (χ3v) is 4.22. The average molecular weight is 312 g/mol. The summed E-state index contributed by atoms with van der Waals surface area (Å²) in [5.74, 6) is -1.37. The molecule has 1 aromatic rings. The van der Waals surface area contributed by atoms with E-state index in [0.717, 1.165) is 11.4 Å². The van der Waals surface area contributed by atoms with Crippen molar-refractivity contribution in [1.29, 1.82) is 0 Å². The molecule has 0 unspecified atom stereocenters. The van der Waals surface area contributed by atoms with Crippen LogP contribution in [-0.4, -0.2) is 37.3 Å². The number of hydrogen-bond acceptors (Lipinski definition) is 7. The number of fused-ring (bicyclic) bond motifs is 1. The van der Waals surface area contributed by atoms with E-state index in [2.05, 4.69) is 15.2 Å². The summed E-state index contributed by atoms with van der Waals surface area (Å²) in [6.45, 7) is 3.60. The Morgan fingerprint density at radius 2 is 2.10 bits per heavy atom. The van der Waals surface area contributed by atoms with Crippen molar-refractivity contribution >= 4 is 29.7 Å². The van der Waals surface area contributed by atoms with Gasteiger partial charge in [-0.15, -0.1) is 16.9 Å². The summed E-state index contributed by atoms with van der Waals surface area (Å²) in [4.78, 5) is 28.2. The summed E-state index contributed by atoms with van der Waals surface area (Å²) in [6, 6.07) is 0. The van der Waals surface area contributed by atoms with Crippen LogP contribution in [0.3, 0.4) is 0 Å². The number of aryl methyl sites for hydroxylation is 2. The molecule has 9 heteroatoms. The number of carboxylic acids is 1. The monoisotopic (exact) mass is 312 g/mol. The van der Waals surface area contributed by atoms with Gasteiger partial charge in [0.1, 0.15) is 5.37 Å². The fourth-order valence-corrected chi connectivity index (χ4v) is 3.05. The summed E-state index contributed by atoms with van der Waals surface area (Å²) in [7, 11) is 0. The maximum atomic E-state index is 12.0. The van der Waals surface area contributed by atoms with Gasteiger partial charge in [-0.2, -0.15) is 5.10 Å². The Morgan fingerprint density at radius 1 is 1.38 bits per heavy atom. The zero-order valence-electron chi connectivity index (χ0n) is 11.7. The number of carbonyl (C=O) groups is 2. The van der Waals surface area contributed by atoms with E-state index in [9.17, 15) is 14.7 Å². The Labute approximate surface area is 146 Å². The van der Waals surface area contributed by atoms with Crippen LogP contribution in [0.1, 0.15) is 17.2 Å². The summed E-state index contributed by atoms with van der Waals surface area (Å²) >= 11 is 1.24. The van der Waals surface area contributed by atoms with E-state index >= 15 is 0 Å². The summed E-state index contributed by atoms with van der Waals surface area (Å²) in [5.41, 5.74) is 1.83. The Morgan fingerprint density at radius 3 is 2.71 bits per heavy atom. The zero-order valence-corrected chi connectivity index (χ0v) is 14.5. The number of aromatic nitrogens is 3. The normalized spacial score (nSPS) is 21.5. The van der Waals surface area contributed by atoms with Crippen LogP contribution in [0.25, 0.3) is 6.08 Å². The van der Waals surface area contributed by atoms with Crippen LogP contribution in [0.4, 0.5) is 0 Å². The third-order valence-electron chi connectivity index (χ3n) is 3.14. The number of nitrogens with zero attached hydrogens (tertiary/aromatic N) is 4. The quantitative estimate of drug-likeness (QED) is 0.316. The van der Waals surface area contributed by atoms with Gasteiger partial charge in [-0.25, -0.2) is 4.98 Å². The Bertz CT molecular complexity index is 704. The van der Waals surface area contributed by atoms with Gasteiger partial charge in [0.15, 0.2) is 5.82 Å². The molecule has 102 valence electrons. The molecular formula is C12H9N4NaO3S. The van der Waals surface area contributed by atoms with Crippen LogP contribution in [0.15, 0.2) is 16.7 Å². The van der Waals surface area contributed by atoms with Gasteiger partial charge in [0, 0.05) is 0 Å². The first kappa shape index (κ1) is 16.2. The van der Waals surface area contributed by atoms with E-state index < -0.39 is 5.97 Å². The van der Waals surface area contributed by atoms with Gasteiger partial charge in [-0.3, -0.25) is 9.69 Å². The minimum absolute atomic E-state index is 0. The molecule has 3 heterocycles. The fraction of sp³-hybridized carbons (Fsp3) is 0.250. The standard InChI is InChI=1S/C12H10N4O3S.Na/c1-5-6(2)14-15-9(13-5)3-7-10(17)16-8(12(18)19)4-20-11(7)16;/h3-4,11H,1-2H3,(H,18,19);/q;+1/p-1/t11-;/m0./s1. The second kappa shape index (κ2) is 5.88. The Balaban J connectivity index is 0.00000161. The topological polar surface area (TPSA) is 99.1 Å². The number of rotatable bonds is 2. The predicted octanol–water partition coefficient (Wildman–Crippen LogP) is -3.62.